The van der Waals surface area contributed by atoms with E-state index in [1.54, 1.807) is 0 Å². The second-order valence-corrected chi connectivity index (χ2v) is 7.45. The summed E-state index contributed by atoms with van der Waals surface area (Å²) >= 11 is 0. The van der Waals surface area contributed by atoms with E-state index in [4.69, 9.17) is 5.73 Å². The van der Waals surface area contributed by atoms with E-state index in [0.29, 0.717) is 11.5 Å². The molecule has 2 N–H and O–H groups in total. The molecule has 1 aliphatic rings. The van der Waals surface area contributed by atoms with E-state index in [0.717, 1.165) is 23.1 Å². The van der Waals surface area contributed by atoms with Gasteiger partial charge in [-0.3, -0.25) is 4.79 Å². The molecule has 0 saturated heterocycles. The average molecular weight is 333 g/mol. The molecule has 2 nitrogen and oxygen atoms in total. The van der Waals surface area contributed by atoms with Crippen molar-refractivity contribution in [1.29, 1.82) is 0 Å². The maximum atomic E-state index is 13.1. The summed E-state index contributed by atoms with van der Waals surface area (Å²) in [5.41, 5.74) is 9.77. The van der Waals surface area contributed by atoms with Gasteiger partial charge in [0.15, 0.2) is 5.78 Å². The summed E-state index contributed by atoms with van der Waals surface area (Å²) in [6.45, 7) is 9.88. The molecule has 1 aromatic rings. The van der Waals surface area contributed by atoms with Gasteiger partial charge in [0.05, 0.1) is 5.54 Å². The first-order valence-electron chi connectivity index (χ1n) is 8.70. The number of carbonyl (C=O) groups excluding carboxylic acids is 1. The maximum Gasteiger partial charge on any atom is 0.193 e. The third kappa shape index (κ3) is 5.59. The molecule has 0 radical (unpaired) electrons. The standard InChI is InChI=1S/C23H27NO/c1-16-6-7-17(2)14-20(11-8-16)22(25)21-15-19(10-9-18(21)3)12-13-23(4,5)24/h6,8-11,14-15,17H,7,24H2,1-5H3/b11-8-,16-6+,20-14+. The SMILES string of the molecule is CC1=C\CC(C)\C=C(C(=O)c2cc(C#CC(C)(C)N)ccc2C)/C=C\1. The molecule has 0 saturated carbocycles. The van der Waals surface area contributed by atoms with Crippen LogP contribution in [0.1, 0.15) is 55.6 Å². The predicted molar refractivity (Wildman–Crippen MR) is 105 cm³/mol. The minimum atomic E-state index is -0.556. The van der Waals surface area contributed by atoms with Crippen molar-refractivity contribution in [3.63, 3.8) is 0 Å². The van der Waals surface area contributed by atoms with Crippen LogP contribution in [0, 0.1) is 24.7 Å². The van der Waals surface area contributed by atoms with Gasteiger partial charge in [0.2, 0.25) is 0 Å². The largest absolute Gasteiger partial charge is 0.316 e. The fourth-order valence-corrected chi connectivity index (χ4v) is 2.58. The van der Waals surface area contributed by atoms with Gasteiger partial charge in [-0.2, -0.15) is 0 Å². The third-order valence-corrected chi connectivity index (χ3v) is 4.07. The highest BCUT2D eigenvalue weighted by molar-refractivity contribution is 6.11. The molecule has 0 bridgehead atoms. The zero-order valence-electron chi connectivity index (χ0n) is 15.8. The van der Waals surface area contributed by atoms with Crippen molar-refractivity contribution in [3.05, 3.63) is 70.3 Å². The number of benzene rings is 1. The number of allylic oxidation sites excluding steroid dienone is 6. The summed E-state index contributed by atoms with van der Waals surface area (Å²) in [5, 5.41) is 0. The Labute approximate surface area is 151 Å². The van der Waals surface area contributed by atoms with Crippen LogP contribution in [-0.2, 0) is 0 Å². The quantitative estimate of drug-likeness (QED) is 0.628. The van der Waals surface area contributed by atoms with E-state index >= 15 is 0 Å². The van der Waals surface area contributed by atoms with Crippen molar-refractivity contribution in [1.82, 2.24) is 0 Å². The van der Waals surface area contributed by atoms with Gasteiger partial charge in [-0.25, -0.2) is 0 Å². The topological polar surface area (TPSA) is 43.1 Å². The normalized spacial score (nSPS) is 23.0. The lowest BCUT2D eigenvalue weighted by molar-refractivity contribution is 0.103. The van der Waals surface area contributed by atoms with Crippen LogP contribution in [0.25, 0.3) is 0 Å². The number of hydrogen-bond donors (Lipinski definition) is 1. The van der Waals surface area contributed by atoms with Gasteiger partial charge < -0.3 is 5.73 Å². The van der Waals surface area contributed by atoms with Crippen LogP contribution in [0.3, 0.4) is 0 Å². The van der Waals surface area contributed by atoms with Crippen LogP contribution in [-0.4, -0.2) is 11.3 Å². The maximum absolute atomic E-state index is 13.1. The number of ketones is 1. The van der Waals surface area contributed by atoms with Gasteiger partial charge in [0, 0.05) is 16.7 Å². The van der Waals surface area contributed by atoms with E-state index in [9.17, 15) is 4.79 Å². The molecule has 1 unspecified atom stereocenters. The van der Waals surface area contributed by atoms with Gasteiger partial charge in [-0.15, -0.1) is 0 Å². The van der Waals surface area contributed by atoms with Gasteiger partial charge in [-0.1, -0.05) is 54.7 Å². The Morgan fingerprint density at radius 1 is 1.24 bits per heavy atom. The van der Waals surface area contributed by atoms with Crippen molar-refractivity contribution in [2.75, 3.05) is 0 Å². The highest BCUT2D eigenvalue weighted by atomic mass is 16.1. The molecule has 1 aliphatic carbocycles. The minimum Gasteiger partial charge on any atom is -0.316 e. The van der Waals surface area contributed by atoms with Crippen LogP contribution in [0.2, 0.25) is 0 Å². The molecule has 0 heterocycles. The van der Waals surface area contributed by atoms with Gasteiger partial charge in [-0.05, 0) is 57.7 Å². The number of Topliss-reactive ketones (excluding diaryl/α,β-unsaturated/α-hetero) is 1. The molecule has 130 valence electrons. The Kier molecular flexibility index (Phi) is 5.82. The van der Waals surface area contributed by atoms with Crippen molar-refractivity contribution in [3.8, 4) is 11.8 Å². The number of hydrogen-bond acceptors (Lipinski definition) is 2. The summed E-state index contributed by atoms with van der Waals surface area (Å²) in [6, 6.07) is 5.75. The molecule has 1 atom stereocenters. The van der Waals surface area contributed by atoms with Crippen molar-refractivity contribution in [2.24, 2.45) is 11.7 Å². The Morgan fingerprint density at radius 2 is 1.96 bits per heavy atom. The average Bonchev–Trinajstić information content (AvgIpc) is 2.53. The lowest BCUT2D eigenvalue weighted by Crippen LogP contribution is -2.29. The van der Waals surface area contributed by atoms with Crippen LogP contribution in [0.4, 0.5) is 0 Å². The molecule has 2 rings (SSSR count). The summed E-state index contributed by atoms with van der Waals surface area (Å²) in [5.74, 6) is 6.47. The smallest absolute Gasteiger partial charge is 0.193 e. The Morgan fingerprint density at radius 3 is 2.64 bits per heavy atom. The molecule has 0 aromatic heterocycles. The van der Waals surface area contributed by atoms with Crippen LogP contribution in [0.15, 0.2) is 53.6 Å². The molecule has 0 aliphatic heterocycles. The van der Waals surface area contributed by atoms with Crippen LogP contribution in [0.5, 0.6) is 0 Å². The first kappa shape index (κ1) is 19.0. The zero-order valence-corrected chi connectivity index (χ0v) is 15.8. The van der Waals surface area contributed by atoms with E-state index in [1.165, 1.54) is 5.57 Å². The summed E-state index contributed by atoms with van der Waals surface area (Å²) in [7, 11) is 0. The highest BCUT2D eigenvalue weighted by Crippen LogP contribution is 2.21. The number of nitrogens with two attached hydrogens (primary N) is 1. The van der Waals surface area contributed by atoms with E-state index < -0.39 is 5.54 Å². The molecule has 2 heteroatoms. The summed E-state index contributed by atoms with van der Waals surface area (Å²) in [4.78, 5) is 13.1. The third-order valence-electron chi connectivity index (χ3n) is 4.07. The number of carbonyl (C=O) groups is 1. The van der Waals surface area contributed by atoms with E-state index in [-0.39, 0.29) is 5.78 Å². The second-order valence-electron chi connectivity index (χ2n) is 7.45. The first-order chi connectivity index (χ1) is 11.7. The number of rotatable bonds is 2. The Balaban J connectivity index is 2.41. The van der Waals surface area contributed by atoms with Crippen molar-refractivity contribution >= 4 is 5.78 Å². The zero-order chi connectivity index (χ0) is 18.6. The van der Waals surface area contributed by atoms with Gasteiger partial charge in [0.1, 0.15) is 0 Å². The monoisotopic (exact) mass is 333 g/mol. The second kappa shape index (κ2) is 7.68. The first-order valence-corrected chi connectivity index (χ1v) is 8.70. The molecular weight excluding hydrogens is 306 g/mol. The molecule has 0 spiro atoms. The molecular formula is C23H27NO. The molecule has 25 heavy (non-hydrogen) atoms. The van der Waals surface area contributed by atoms with Crippen LogP contribution >= 0.6 is 0 Å². The molecule has 0 fully saturated rings. The van der Waals surface area contributed by atoms with Gasteiger partial charge in [0.25, 0.3) is 0 Å². The summed E-state index contributed by atoms with van der Waals surface area (Å²) < 4.78 is 0. The Hall–Kier alpha value is -2.37. The minimum absolute atomic E-state index is 0.0472. The van der Waals surface area contributed by atoms with E-state index in [1.807, 2.05) is 51.1 Å². The fourth-order valence-electron chi connectivity index (χ4n) is 2.58. The lowest BCUT2D eigenvalue weighted by atomic mass is 9.92. The fraction of sp³-hybridized carbons (Fsp3) is 0.348. The van der Waals surface area contributed by atoms with E-state index in [2.05, 4.69) is 37.8 Å². The number of aryl methyl sites for hydroxylation is 1. The van der Waals surface area contributed by atoms with Crippen molar-refractivity contribution in [2.45, 2.75) is 46.6 Å². The molecule has 1 aromatic carbocycles. The molecule has 0 amide bonds. The van der Waals surface area contributed by atoms with Crippen molar-refractivity contribution < 1.29 is 4.79 Å². The predicted octanol–water partition coefficient (Wildman–Crippen LogP) is 4.74. The summed E-state index contributed by atoms with van der Waals surface area (Å²) in [6.07, 6.45) is 9.14. The van der Waals surface area contributed by atoms with Gasteiger partial charge >= 0.3 is 0 Å². The Bertz CT molecular complexity index is 820. The highest BCUT2D eigenvalue weighted by Gasteiger charge is 2.15. The lowest BCUT2D eigenvalue weighted by Gasteiger charge is -2.12. The van der Waals surface area contributed by atoms with Crippen LogP contribution < -0.4 is 5.73 Å².